The topological polar surface area (TPSA) is 100 Å². The van der Waals surface area contributed by atoms with E-state index in [1.807, 2.05) is 43.4 Å². The number of nitriles is 1. The molecule has 0 saturated carbocycles. The average Bonchev–Trinajstić information content (AvgIpc) is 2.90. The summed E-state index contributed by atoms with van der Waals surface area (Å²) in [6.45, 7) is 3.33. The van der Waals surface area contributed by atoms with Crippen LogP contribution in [0, 0.1) is 11.3 Å². The Balaban J connectivity index is 1.42. The van der Waals surface area contributed by atoms with Gasteiger partial charge in [0, 0.05) is 38.2 Å². The first kappa shape index (κ1) is 25.5. The lowest BCUT2D eigenvalue weighted by Crippen LogP contribution is -2.26. The summed E-state index contributed by atoms with van der Waals surface area (Å²) in [5.41, 5.74) is 2.89. The van der Waals surface area contributed by atoms with E-state index in [1.54, 1.807) is 6.20 Å². The smallest absolute Gasteiger partial charge is 0.150 e. The summed E-state index contributed by atoms with van der Waals surface area (Å²) in [7, 11) is 6.18. The minimum absolute atomic E-state index is 0.0766. The van der Waals surface area contributed by atoms with Crippen molar-refractivity contribution in [3.05, 3.63) is 59.7 Å². The summed E-state index contributed by atoms with van der Waals surface area (Å²) in [5.74, 6) is 2.10. The summed E-state index contributed by atoms with van der Waals surface area (Å²) in [6.07, 6.45) is 5.01. The van der Waals surface area contributed by atoms with Crippen LogP contribution in [0.4, 0.5) is 5.82 Å². The largest absolute Gasteiger partial charge is 0.489 e. The third-order valence-corrected chi connectivity index (χ3v) is 6.10. The Bertz CT molecular complexity index is 1170. The lowest BCUT2D eigenvalue weighted by Gasteiger charge is -2.23. The third kappa shape index (κ3) is 6.97. The van der Waals surface area contributed by atoms with Gasteiger partial charge in [0.05, 0.1) is 36.6 Å². The highest BCUT2D eigenvalue weighted by Crippen LogP contribution is 2.27. The maximum absolute atomic E-state index is 9.69. The van der Waals surface area contributed by atoms with Crippen LogP contribution in [0.25, 0.3) is 11.3 Å². The maximum Gasteiger partial charge on any atom is 0.150 e. The van der Waals surface area contributed by atoms with Gasteiger partial charge in [-0.1, -0.05) is 0 Å². The molecule has 9 heteroatoms. The Morgan fingerprint density at radius 1 is 1.06 bits per heavy atom. The van der Waals surface area contributed by atoms with E-state index < -0.39 is 0 Å². The number of ether oxygens (including phenoxy) is 2. The Morgan fingerprint density at radius 3 is 2.61 bits per heavy atom. The van der Waals surface area contributed by atoms with Gasteiger partial charge >= 0.3 is 0 Å². The minimum Gasteiger partial charge on any atom is -0.489 e. The molecule has 9 nitrogen and oxygen atoms in total. The number of benzene rings is 1. The van der Waals surface area contributed by atoms with Gasteiger partial charge in [-0.25, -0.2) is 9.97 Å². The molecule has 0 amide bonds. The van der Waals surface area contributed by atoms with Crippen LogP contribution in [0.2, 0.25) is 0 Å². The monoisotopic (exact) mass is 487 g/mol. The van der Waals surface area contributed by atoms with E-state index in [2.05, 4.69) is 45.1 Å². The Hall–Kier alpha value is -3.61. The van der Waals surface area contributed by atoms with Crippen molar-refractivity contribution in [3.8, 4) is 23.1 Å². The lowest BCUT2D eigenvalue weighted by molar-refractivity contribution is 0.0254. The van der Waals surface area contributed by atoms with Crippen molar-refractivity contribution in [3.63, 3.8) is 0 Å². The number of hydrogen-bond donors (Lipinski definition) is 0. The van der Waals surface area contributed by atoms with Gasteiger partial charge in [-0.3, -0.25) is 0 Å². The van der Waals surface area contributed by atoms with E-state index in [-0.39, 0.29) is 6.10 Å². The van der Waals surface area contributed by atoms with Crippen molar-refractivity contribution in [2.45, 2.75) is 31.8 Å². The Labute approximate surface area is 212 Å². The second kappa shape index (κ2) is 12.4. The molecule has 4 rings (SSSR count). The van der Waals surface area contributed by atoms with Gasteiger partial charge in [-0.2, -0.15) is 10.4 Å². The SMILES string of the molecule is CN(C)CCCN(C)c1ccc(Cc2nccc(-c3ccc(OC4CCOCC4)c(C#N)c3)n2)nn1. The molecule has 0 aliphatic carbocycles. The molecular formula is C27H33N7O2. The number of hydrogen-bond acceptors (Lipinski definition) is 9. The molecule has 0 spiro atoms. The average molecular weight is 488 g/mol. The van der Waals surface area contributed by atoms with Gasteiger partial charge in [-0.05, 0) is 63.5 Å². The van der Waals surface area contributed by atoms with Crippen LogP contribution < -0.4 is 9.64 Å². The molecule has 2 aromatic heterocycles. The Morgan fingerprint density at radius 2 is 1.89 bits per heavy atom. The van der Waals surface area contributed by atoms with Crippen LogP contribution in [0.5, 0.6) is 5.75 Å². The number of anilines is 1. The van der Waals surface area contributed by atoms with E-state index in [0.29, 0.717) is 36.8 Å². The zero-order valence-electron chi connectivity index (χ0n) is 21.2. The van der Waals surface area contributed by atoms with Gasteiger partial charge in [0.15, 0.2) is 5.82 Å². The minimum atomic E-state index is 0.0766. The highest BCUT2D eigenvalue weighted by molar-refractivity contribution is 5.64. The van der Waals surface area contributed by atoms with Crippen LogP contribution in [0.1, 0.15) is 36.3 Å². The standard InChI is InChI=1S/C27H33N7O2/c1-33(2)13-4-14-34(3)27-8-6-22(31-32-27)18-26-29-12-9-24(30-26)20-5-7-25(21(17-20)19-28)36-23-10-15-35-16-11-23/h5-9,12,17,23H,4,10-11,13-16,18H2,1-3H3. The molecule has 0 radical (unpaired) electrons. The van der Waals surface area contributed by atoms with E-state index in [1.165, 1.54) is 0 Å². The molecule has 0 atom stereocenters. The molecule has 3 aromatic rings. The maximum atomic E-state index is 9.69. The molecule has 1 saturated heterocycles. The van der Waals surface area contributed by atoms with E-state index in [0.717, 1.165) is 55.1 Å². The second-order valence-corrected chi connectivity index (χ2v) is 9.25. The van der Waals surface area contributed by atoms with Crippen LogP contribution in [0.3, 0.4) is 0 Å². The molecule has 1 fully saturated rings. The molecule has 1 aliphatic heterocycles. The van der Waals surface area contributed by atoms with E-state index >= 15 is 0 Å². The van der Waals surface area contributed by atoms with E-state index in [4.69, 9.17) is 14.5 Å². The number of rotatable bonds is 10. The quantitative estimate of drug-likeness (QED) is 0.426. The molecule has 0 bridgehead atoms. The third-order valence-electron chi connectivity index (χ3n) is 6.10. The number of nitrogens with zero attached hydrogens (tertiary/aromatic N) is 7. The molecule has 0 N–H and O–H groups in total. The van der Waals surface area contributed by atoms with Crippen LogP contribution in [-0.2, 0) is 11.2 Å². The molecule has 36 heavy (non-hydrogen) atoms. The zero-order chi connectivity index (χ0) is 25.3. The fourth-order valence-corrected chi connectivity index (χ4v) is 4.05. The first-order chi connectivity index (χ1) is 17.5. The predicted molar refractivity (Wildman–Crippen MR) is 138 cm³/mol. The molecule has 3 heterocycles. The molecule has 188 valence electrons. The summed E-state index contributed by atoms with van der Waals surface area (Å²) >= 11 is 0. The summed E-state index contributed by atoms with van der Waals surface area (Å²) < 4.78 is 11.5. The summed E-state index contributed by atoms with van der Waals surface area (Å²) in [4.78, 5) is 13.4. The molecular weight excluding hydrogens is 454 g/mol. The molecule has 1 aromatic carbocycles. The van der Waals surface area contributed by atoms with Crippen molar-refractivity contribution >= 4 is 5.82 Å². The predicted octanol–water partition coefficient (Wildman–Crippen LogP) is 3.34. The Kier molecular flexibility index (Phi) is 8.76. The second-order valence-electron chi connectivity index (χ2n) is 9.25. The van der Waals surface area contributed by atoms with Crippen molar-refractivity contribution < 1.29 is 9.47 Å². The first-order valence-electron chi connectivity index (χ1n) is 12.3. The van der Waals surface area contributed by atoms with Gasteiger partial charge in [0.25, 0.3) is 0 Å². The van der Waals surface area contributed by atoms with Gasteiger partial charge in [0.1, 0.15) is 23.7 Å². The van der Waals surface area contributed by atoms with Crippen molar-refractivity contribution in [1.29, 1.82) is 5.26 Å². The van der Waals surface area contributed by atoms with Gasteiger partial charge in [-0.15, -0.1) is 5.10 Å². The van der Waals surface area contributed by atoms with Crippen LogP contribution in [-0.4, -0.2) is 78.6 Å². The number of aromatic nitrogens is 4. The highest BCUT2D eigenvalue weighted by Gasteiger charge is 2.17. The lowest BCUT2D eigenvalue weighted by atomic mass is 10.1. The van der Waals surface area contributed by atoms with Crippen molar-refractivity contribution in [2.75, 3.05) is 52.3 Å². The van der Waals surface area contributed by atoms with Crippen LogP contribution >= 0.6 is 0 Å². The summed E-state index contributed by atoms with van der Waals surface area (Å²) in [5, 5.41) is 18.5. The van der Waals surface area contributed by atoms with Gasteiger partial charge in [0.2, 0.25) is 0 Å². The summed E-state index contributed by atoms with van der Waals surface area (Å²) in [6, 6.07) is 13.7. The van der Waals surface area contributed by atoms with Crippen molar-refractivity contribution in [2.24, 2.45) is 0 Å². The van der Waals surface area contributed by atoms with Crippen LogP contribution in [0.15, 0.2) is 42.6 Å². The first-order valence-corrected chi connectivity index (χ1v) is 12.3. The van der Waals surface area contributed by atoms with Gasteiger partial charge < -0.3 is 19.3 Å². The molecule has 1 aliphatic rings. The molecule has 0 unspecified atom stereocenters. The highest BCUT2D eigenvalue weighted by atomic mass is 16.5. The fraction of sp³-hybridized carbons (Fsp3) is 0.444. The van der Waals surface area contributed by atoms with Crippen molar-refractivity contribution in [1.82, 2.24) is 25.1 Å². The van der Waals surface area contributed by atoms with E-state index in [9.17, 15) is 5.26 Å². The zero-order valence-corrected chi connectivity index (χ0v) is 21.2. The normalized spacial score (nSPS) is 14.0. The fourth-order valence-electron chi connectivity index (χ4n) is 4.05.